The van der Waals surface area contributed by atoms with E-state index in [9.17, 15) is 4.79 Å². The predicted octanol–water partition coefficient (Wildman–Crippen LogP) is 3.99. The number of likely N-dealkylation sites (tertiary alicyclic amines) is 1. The predicted molar refractivity (Wildman–Crippen MR) is 77.2 cm³/mol. The van der Waals surface area contributed by atoms with Crippen LogP contribution in [-0.4, -0.2) is 17.4 Å². The van der Waals surface area contributed by atoms with Crippen molar-refractivity contribution in [1.29, 1.82) is 0 Å². The molecule has 98 valence electrons. The molecule has 1 aromatic carbocycles. The normalized spacial score (nSPS) is 20.9. The Bertz CT molecular complexity index is 419. The van der Waals surface area contributed by atoms with Crippen molar-refractivity contribution in [2.24, 2.45) is 5.92 Å². The fourth-order valence-corrected chi connectivity index (χ4v) is 2.97. The first-order chi connectivity index (χ1) is 8.69. The Morgan fingerprint density at radius 2 is 2.22 bits per heavy atom. The molecule has 1 unspecified atom stereocenters. The van der Waals surface area contributed by atoms with Crippen LogP contribution in [0.3, 0.4) is 0 Å². The quantitative estimate of drug-likeness (QED) is 0.827. The van der Waals surface area contributed by atoms with Crippen LogP contribution in [0, 0.1) is 5.92 Å². The fraction of sp³-hybridized carbons (Fsp3) is 0.533. The first-order valence-electron chi connectivity index (χ1n) is 6.71. The highest BCUT2D eigenvalue weighted by atomic mass is 79.9. The molecule has 1 aromatic rings. The Balaban J connectivity index is 2.01. The smallest absolute Gasteiger partial charge is 0.222 e. The number of amides is 1. The molecule has 3 heteroatoms. The second-order valence-electron chi connectivity index (χ2n) is 5.05. The highest BCUT2D eigenvalue weighted by Gasteiger charge is 2.21. The number of carbonyl (C=O) groups excluding carboxylic acids is 1. The minimum atomic E-state index is 0.311. The third kappa shape index (κ3) is 3.58. The molecule has 18 heavy (non-hydrogen) atoms. The molecule has 0 radical (unpaired) electrons. The van der Waals surface area contributed by atoms with Crippen molar-refractivity contribution < 1.29 is 4.79 Å². The zero-order chi connectivity index (χ0) is 13.0. The molecule has 0 aliphatic carbocycles. The van der Waals surface area contributed by atoms with Gasteiger partial charge in [-0.25, -0.2) is 0 Å². The van der Waals surface area contributed by atoms with Gasteiger partial charge in [-0.1, -0.05) is 41.4 Å². The largest absolute Gasteiger partial charge is 0.338 e. The van der Waals surface area contributed by atoms with E-state index in [0.717, 1.165) is 36.3 Å². The van der Waals surface area contributed by atoms with Gasteiger partial charge >= 0.3 is 0 Å². The van der Waals surface area contributed by atoms with E-state index in [-0.39, 0.29) is 0 Å². The summed E-state index contributed by atoms with van der Waals surface area (Å²) in [4.78, 5) is 14.1. The summed E-state index contributed by atoms with van der Waals surface area (Å²) in [6.07, 6.45) is 4.12. The fourth-order valence-electron chi connectivity index (χ4n) is 2.52. The molecule has 1 aliphatic heterocycles. The van der Waals surface area contributed by atoms with Gasteiger partial charge in [0.1, 0.15) is 0 Å². The second-order valence-corrected chi connectivity index (χ2v) is 5.96. The lowest BCUT2D eigenvalue weighted by Gasteiger charge is -2.21. The Kier molecular flexibility index (Phi) is 4.81. The Hall–Kier alpha value is -0.830. The summed E-state index contributed by atoms with van der Waals surface area (Å²) in [5.74, 6) is 1.03. The van der Waals surface area contributed by atoms with E-state index < -0.39 is 0 Å². The molecular formula is C15H20BrNO. The molecule has 2 nitrogen and oxygen atoms in total. The lowest BCUT2D eigenvalue weighted by atomic mass is 9.98. The van der Waals surface area contributed by atoms with Gasteiger partial charge in [-0.3, -0.25) is 4.79 Å². The lowest BCUT2D eigenvalue weighted by Crippen LogP contribution is -2.29. The number of halogens is 1. The van der Waals surface area contributed by atoms with E-state index in [1.54, 1.807) is 0 Å². The summed E-state index contributed by atoms with van der Waals surface area (Å²) >= 11 is 3.47. The van der Waals surface area contributed by atoms with Crippen LogP contribution >= 0.6 is 15.9 Å². The minimum absolute atomic E-state index is 0.311. The number of hydrogen-bond acceptors (Lipinski definition) is 1. The van der Waals surface area contributed by atoms with Crippen molar-refractivity contribution >= 4 is 21.8 Å². The van der Waals surface area contributed by atoms with E-state index in [4.69, 9.17) is 0 Å². The van der Waals surface area contributed by atoms with Crippen LogP contribution in [0.25, 0.3) is 0 Å². The maximum Gasteiger partial charge on any atom is 0.222 e. The summed E-state index contributed by atoms with van der Waals surface area (Å²) in [6.45, 7) is 3.87. The van der Waals surface area contributed by atoms with Crippen LogP contribution < -0.4 is 0 Å². The molecular weight excluding hydrogens is 290 g/mol. The Morgan fingerprint density at radius 1 is 1.39 bits per heavy atom. The first kappa shape index (κ1) is 13.6. The van der Waals surface area contributed by atoms with Gasteiger partial charge in [0, 0.05) is 24.0 Å². The Morgan fingerprint density at radius 3 is 2.94 bits per heavy atom. The van der Waals surface area contributed by atoms with Crippen LogP contribution in [0.1, 0.15) is 38.2 Å². The number of nitrogens with zero attached hydrogens (tertiary/aromatic N) is 1. The van der Waals surface area contributed by atoms with Crippen LogP contribution in [0.5, 0.6) is 0 Å². The van der Waals surface area contributed by atoms with Gasteiger partial charge in [0.05, 0.1) is 0 Å². The van der Waals surface area contributed by atoms with Gasteiger partial charge in [-0.2, -0.15) is 0 Å². The molecule has 1 atom stereocenters. The van der Waals surface area contributed by atoms with Crippen molar-refractivity contribution in [1.82, 2.24) is 4.90 Å². The monoisotopic (exact) mass is 309 g/mol. The topological polar surface area (TPSA) is 20.3 Å². The van der Waals surface area contributed by atoms with Crippen molar-refractivity contribution in [2.45, 2.75) is 39.2 Å². The number of carbonyl (C=O) groups is 1. The molecule has 1 fully saturated rings. The second kappa shape index (κ2) is 6.37. The van der Waals surface area contributed by atoms with Crippen LogP contribution in [-0.2, 0) is 11.3 Å². The molecule has 1 aliphatic rings. The summed E-state index contributed by atoms with van der Waals surface area (Å²) in [6, 6.07) is 8.22. The average Bonchev–Trinajstić information content (AvgIpc) is 2.53. The summed E-state index contributed by atoms with van der Waals surface area (Å²) < 4.78 is 1.08. The minimum Gasteiger partial charge on any atom is -0.338 e. The molecule has 0 saturated carbocycles. The maximum absolute atomic E-state index is 12.1. The number of rotatable bonds is 3. The van der Waals surface area contributed by atoms with Gasteiger partial charge in [0.15, 0.2) is 0 Å². The highest BCUT2D eigenvalue weighted by Crippen LogP contribution is 2.22. The third-order valence-electron chi connectivity index (χ3n) is 3.77. The van der Waals surface area contributed by atoms with Crippen molar-refractivity contribution in [3.05, 3.63) is 34.3 Å². The number of hydrogen-bond donors (Lipinski definition) is 0. The van der Waals surface area contributed by atoms with E-state index in [2.05, 4.69) is 35.0 Å². The van der Waals surface area contributed by atoms with E-state index >= 15 is 0 Å². The molecule has 2 rings (SSSR count). The summed E-state index contributed by atoms with van der Waals surface area (Å²) in [7, 11) is 0. The van der Waals surface area contributed by atoms with Gasteiger partial charge < -0.3 is 4.90 Å². The number of benzene rings is 1. The summed E-state index contributed by atoms with van der Waals surface area (Å²) in [5.41, 5.74) is 1.20. The standard InChI is InChI=1S/C15H20BrNO/c1-2-12-6-7-15(18)17(9-8-12)11-13-4-3-5-14(16)10-13/h3-5,10,12H,2,6-9,11H2,1H3. The van der Waals surface area contributed by atoms with Crippen LogP contribution in [0.2, 0.25) is 0 Å². The SMILES string of the molecule is CCC1CCC(=O)N(Cc2cccc(Br)c2)CC1. The van der Waals surface area contributed by atoms with Gasteiger partial charge in [-0.05, 0) is 36.5 Å². The zero-order valence-corrected chi connectivity index (χ0v) is 12.4. The lowest BCUT2D eigenvalue weighted by molar-refractivity contribution is -0.131. The van der Waals surface area contributed by atoms with Gasteiger partial charge in [0.2, 0.25) is 5.91 Å². The maximum atomic E-state index is 12.1. The van der Waals surface area contributed by atoms with E-state index in [1.165, 1.54) is 12.0 Å². The zero-order valence-electron chi connectivity index (χ0n) is 10.9. The first-order valence-corrected chi connectivity index (χ1v) is 7.50. The van der Waals surface area contributed by atoms with Crippen LogP contribution in [0.4, 0.5) is 0 Å². The van der Waals surface area contributed by atoms with Crippen LogP contribution in [0.15, 0.2) is 28.7 Å². The van der Waals surface area contributed by atoms with E-state index in [1.807, 2.05) is 17.0 Å². The van der Waals surface area contributed by atoms with Crippen molar-refractivity contribution in [2.75, 3.05) is 6.54 Å². The van der Waals surface area contributed by atoms with Gasteiger partial charge in [0.25, 0.3) is 0 Å². The van der Waals surface area contributed by atoms with Crippen molar-refractivity contribution in [3.8, 4) is 0 Å². The van der Waals surface area contributed by atoms with Crippen molar-refractivity contribution in [3.63, 3.8) is 0 Å². The molecule has 0 bridgehead atoms. The molecule has 1 saturated heterocycles. The Labute approximate surface area is 117 Å². The van der Waals surface area contributed by atoms with E-state index in [0.29, 0.717) is 12.3 Å². The third-order valence-corrected chi connectivity index (χ3v) is 4.26. The molecule has 0 spiro atoms. The van der Waals surface area contributed by atoms with Gasteiger partial charge in [-0.15, -0.1) is 0 Å². The highest BCUT2D eigenvalue weighted by molar-refractivity contribution is 9.10. The summed E-state index contributed by atoms with van der Waals surface area (Å²) in [5, 5.41) is 0. The average molecular weight is 310 g/mol. The molecule has 0 N–H and O–H groups in total. The molecule has 1 heterocycles. The molecule has 0 aromatic heterocycles. The molecule has 1 amide bonds.